The van der Waals surface area contributed by atoms with E-state index in [1.165, 1.54) is 6.07 Å². The molecule has 0 bridgehead atoms. The van der Waals surface area contributed by atoms with Crippen LogP contribution in [0.1, 0.15) is 20.8 Å². The zero-order chi connectivity index (χ0) is 14.8. The highest BCUT2D eigenvalue weighted by Crippen LogP contribution is 2.24. The van der Waals surface area contributed by atoms with E-state index in [4.69, 9.17) is 0 Å². The summed E-state index contributed by atoms with van der Waals surface area (Å²) >= 11 is 0. The summed E-state index contributed by atoms with van der Waals surface area (Å²) in [6.07, 6.45) is -0.327. The maximum absolute atomic E-state index is 13.8. The van der Waals surface area contributed by atoms with Crippen LogP contribution < -0.4 is 4.90 Å². The molecule has 1 fully saturated rings. The second-order valence-corrected chi connectivity index (χ2v) is 6.38. The highest BCUT2D eigenvalue weighted by atomic mass is 19.1. The van der Waals surface area contributed by atoms with Gasteiger partial charge in [0.2, 0.25) is 0 Å². The van der Waals surface area contributed by atoms with Gasteiger partial charge in [0.1, 0.15) is 5.82 Å². The normalized spacial score (nSPS) is 19.1. The van der Waals surface area contributed by atoms with Gasteiger partial charge in [-0.1, -0.05) is 26.0 Å². The number of piperazine rings is 1. The van der Waals surface area contributed by atoms with Crippen molar-refractivity contribution in [3.8, 4) is 0 Å². The molecule has 0 radical (unpaired) electrons. The average Bonchev–Trinajstić information content (AvgIpc) is 2.40. The van der Waals surface area contributed by atoms with Crippen LogP contribution in [-0.2, 0) is 0 Å². The van der Waals surface area contributed by atoms with Crippen LogP contribution in [0.4, 0.5) is 10.1 Å². The van der Waals surface area contributed by atoms with Crippen molar-refractivity contribution < 1.29 is 9.50 Å². The number of anilines is 1. The number of halogens is 1. The Balaban J connectivity index is 1.92. The first-order valence-electron chi connectivity index (χ1n) is 7.30. The molecule has 0 spiro atoms. The minimum atomic E-state index is -0.327. The first kappa shape index (κ1) is 15.3. The molecule has 1 heterocycles. The largest absolute Gasteiger partial charge is 0.393 e. The van der Waals surface area contributed by atoms with Crippen LogP contribution in [-0.4, -0.2) is 48.8 Å². The van der Waals surface area contributed by atoms with E-state index in [2.05, 4.69) is 23.6 Å². The number of rotatable bonds is 4. The summed E-state index contributed by atoms with van der Waals surface area (Å²) in [6, 6.07) is 6.95. The van der Waals surface area contributed by atoms with Gasteiger partial charge in [-0.15, -0.1) is 0 Å². The van der Waals surface area contributed by atoms with Crippen LogP contribution in [0.3, 0.4) is 0 Å². The predicted molar refractivity (Wildman–Crippen MR) is 80.5 cm³/mol. The van der Waals surface area contributed by atoms with E-state index in [0.29, 0.717) is 5.69 Å². The lowest BCUT2D eigenvalue weighted by Gasteiger charge is -2.40. The quantitative estimate of drug-likeness (QED) is 0.917. The van der Waals surface area contributed by atoms with Crippen molar-refractivity contribution in [1.82, 2.24) is 4.90 Å². The standard InChI is InChI=1S/C16H25FN2O/c1-13(20)16(2,3)12-18-8-10-19(11-9-18)15-7-5-4-6-14(15)17/h4-7,13,20H,8-12H2,1-3H3. The van der Waals surface area contributed by atoms with Crippen molar-refractivity contribution in [2.75, 3.05) is 37.6 Å². The number of aliphatic hydroxyl groups excluding tert-OH is 1. The molecule has 1 aliphatic rings. The summed E-state index contributed by atoms with van der Waals surface area (Å²) < 4.78 is 13.8. The predicted octanol–water partition coefficient (Wildman–Crippen LogP) is 2.35. The lowest BCUT2D eigenvalue weighted by molar-refractivity contribution is 0.0330. The molecule has 1 unspecified atom stereocenters. The fraction of sp³-hybridized carbons (Fsp3) is 0.625. The molecule has 2 rings (SSSR count). The minimum Gasteiger partial charge on any atom is -0.393 e. The van der Waals surface area contributed by atoms with E-state index in [-0.39, 0.29) is 17.3 Å². The Labute approximate surface area is 121 Å². The Morgan fingerprint density at radius 2 is 1.80 bits per heavy atom. The molecule has 3 nitrogen and oxygen atoms in total. The van der Waals surface area contributed by atoms with Gasteiger partial charge in [-0.25, -0.2) is 4.39 Å². The van der Waals surface area contributed by atoms with Crippen LogP contribution in [0.15, 0.2) is 24.3 Å². The van der Waals surface area contributed by atoms with Gasteiger partial charge in [0.15, 0.2) is 0 Å². The van der Waals surface area contributed by atoms with E-state index in [1.807, 2.05) is 19.1 Å². The number of nitrogens with zero attached hydrogens (tertiary/aromatic N) is 2. The molecular weight excluding hydrogens is 255 g/mol. The monoisotopic (exact) mass is 280 g/mol. The summed E-state index contributed by atoms with van der Waals surface area (Å²) in [4.78, 5) is 4.45. The molecule has 0 aromatic heterocycles. The smallest absolute Gasteiger partial charge is 0.146 e. The van der Waals surface area contributed by atoms with E-state index >= 15 is 0 Å². The summed E-state index contributed by atoms with van der Waals surface area (Å²) in [5, 5.41) is 9.79. The highest BCUT2D eigenvalue weighted by molar-refractivity contribution is 5.47. The lowest BCUT2D eigenvalue weighted by atomic mass is 9.86. The number of hydrogen-bond acceptors (Lipinski definition) is 3. The molecule has 1 aromatic carbocycles. The van der Waals surface area contributed by atoms with E-state index < -0.39 is 0 Å². The first-order chi connectivity index (χ1) is 9.40. The molecule has 1 atom stereocenters. The third-order valence-electron chi connectivity index (χ3n) is 4.33. The molecule has 0 aliphatic carbocycles. The minimum absolute atomic E-state index is 0.111. The SMILES string of the molecule is CC(O)C(C)(C)CN1CCN(c2ccccc2F)CC1. The molecule has 1 N–H and O–H groups in total. The average molecular weight is 280 g/mol. The molecule has 112 valence electrons. The Morgan fingerprint density at radius 1 is 1.20 bits per heavy atom. The third kappa shape index (κ3) is 3.49. The van der Waals surface area contributed by atoms with Gasteiger partial charge in [0.05, 0.1) is 11.8 Å². The van der Waals surface area contributed by atoms with Gasteiger partial charge in [-0.05, 0) is 19.1 Å². The van der Waals surface area contributed by atoms with E-state index in [1.54, 1.807) is 6.07 Å². The van der Waals surface area contributed by atoms with Gasteiger partial charge >= 0.3 is 0 Å². The van der Waals surface area contributed by atoms with Gasteiger partial charge in [0.25, 0.3) is 0 Å². The summed E-state index contributed by atoms with van der Waals surface area (Å²) in [6.45, 7) is 10.4. The molecule has 20 heavy (non-hydrogen) atoms. The maximum Gasteiger partial charge on any atom is 0.146 e. The summed E-state index contributed by atoms with van der Waals surface area (Å²) in [5.74, 6) is -0.148. The van der Waals surface area contributed by atoms with Crippen LogP contribution in [0.5, 0.6) is 0 Å². The fourth-order valence-electron chi connectivity index (χ4n) is 2.56. The van der Waals surface area contributed by atoms with Crippen molar-refractivity contribution in [1.29, 1.82) is 0 Å². The van der Waals surface area contributed by atoms with Crippen molar-refractivity contribution in [3.63, 3.8) is 0 Å². The van der Waals surface area contributed by atoms with Crippen LogP contribution in [0.25, 0.3) is 0 Å². The lowest BCUT2D eigenvalue weighted by Crippen LogP contribution is -2.50. The van der Waals surface area contributed by atoms with Crippen molar-refractivity contribution >= 4 is 5.69 Å². The topological polar surface area (TPSA) is 26.7 Å². The second-order valence-electron chi connectivity index (χ2n) is 6.38. The van der Waals surface area contributed by atoms with E-state index in [9.17, 15) is 9.50 Å². The Morgan fingerprint density at radius 3 is 2.35 bits per heavy atom. The van der Waals surface area contributed by atoms with Gasteiger partial charge < -0.3 is 10.0 Å². The van der Waals surface area contributed by atoms with Gasteiger partial charge in [0, 0.05) is 38.1 Å². The zero-order valence-electron chi connectivity index (χ0n) is 12.6. The Bertz CT molecular complexity index is 440. The molecule has 0 saturated carbocycles. The number of benzene rings is 1. The van der Waals surface area contributed by atoms with Gasteiger partial charge in [-0.3, -0.25) is 4.90 Å². The van der Waals surface area contributed by atoms with Gasteiger partial charge in [-0.2, -0.15) is 0 Å². The molecular formula is C16H25FN2O. The third-order valence-corrected chi connectivity index (χ3v) is 4.33. The highest BCUT2D eigenvalue weighted by Gasteiger charge is 2.29. The number of hydrogen-bond donors (Lipinski definition) is 1. The maximum atomic E-state index is 13.8. The molecule has 4 heteroatoms. The molecule has 1 saturated heterocycles. The zero-order valence-corrected chi connectivity index (χ0v) is 12.6. The summed E-state index contributed by atoms with van der Waals surface area (Å²) in [5.41, 5.74) is 0.585. The molecule has 0 amide bonds. The Kier molecular flexibility index (Phi) is 4.66. The number of para-hydroxylation sites is 1. The van der Waals surface area contributed by atoms with Crippen molar-refractivity contribution in [2.45, 2.75) is 26.9 Å². The molecule has 1 aliphatic heterocycles. The van der Waals surface area contributed by atoms with Crippen LogP contribution >= 0.6 is 0 Å². The van der Waals surface area contributed by atoms with E-state index in [0.717, 1.165) is 32.7 Å². The first-order valence-corrected chi connectivity index (χ1v) is 7.30. The van der Waals surface area contributed by atoms with Crippen molar-refractivity contribution in [3.05, 3.63) is 30.1 Å². The van der Waals surface area contributed by atoms with Crippen molar-refractivity contribution in [2.24, 2.45) is 5.41 Å². The summed E-state index contributed by atoms with van der Waals surface area (Å²) in [7, 11) is 0. The second kappa shape index (κ2) is 6.10. The number of aliphatic hydroxyl groups is 1. The fourth-order valence-corrected chi connectivity index (χ4v) is 2.56. The molecule has 1 aromatic rings. The van der Waals surface area contributed by atoms with Crippen LogP contribution in [0.2, 0.25) is 0 Å². The Hall–Kier alpha value is -1.13. The van der Waals surface area contributed by atoms with Crippen LogP contribution in [0, 0.1) is 11.2 Å².